The number of nitrogens with zero attached hydrogens (tertiary/aromatic N) is 3. The Morgan fingerprint density at radius 3 is 2.67 bits per heavy atom. The molecule has 0 aliphatic carbocycles. The third kappa shape index (κ3) is 6.32. The number of pyridine rings is 1. The van der Waals surface area contributed by atoms with Crippen molar-refractivity contribution >= 4 is 5.97 Å². The summed E-state index contributed by atoms with van der Waals surface area (Å²) in [5.74, 6) is -0.778. The molecule has 0 aliphatic heterocycles. The molecule has 0 aromatic carbocycles. The summed E-state index contributed by atoms with van der Waals surface area (Å²) in [4.78, 5) is 18.9. The third-order valence-electron chi connectivity index (χ3n) is 2.66. The summed E-state index contributed by atoms with van der Waals surface area (Å²) in [5.41, 5.74) is 1.14. The summed E-state index contributed by atoms with van der Waals surface area (Å²) < 4.78 is 0. The molecule has 1 rings (SSSR count). The van der Waals surface area contributed by atoms with E-state index < -0.39 is 5.97 Å². The van der Waals surface area contributed by atoms with Crippen LogP contribution in [0.25, 0.3) is 0 Å². The number of aliphatic carboxylic acids is 1. The van der Waals surface area contributed by atoms with Crippen LogP contribution in [-0.4, -0.2) is 66.1 Å². The van der Waals surface area contributed by atoms with Crippen molar-refractivity contribution in [2.75, 3.05) is 40.3 Å². The largest absolute Gasteiger partial charge is 0.480 e. The number of aromatic nitrogens is 1. The Morgan fingerprint density at radius 2 is 2.11 bits per heavy atom. The van der Waals surface area contributed by atoms with Crippen molar-refractivity contribution in [3.05, 3.63) is 30.1 Å². The molecule has 0 saturated heterocycles. The van der Waals surface area contributed by atoms with Crippen LogP contribution >= 0.6 is 0 Å². The van der Waals surface area contributed by atoms with E-state index in [1.54, 1.807) is 6.20 Å². The molecular formula is C13H21N3O2. The van der Waals surface area contributed by atoms with Gasteiger partial charge in [-0.2, -0.15) is 0 Å². The monoisotopic (exact) mass is 251 g/mol. The molecule has 0 saturated carbocycles. The molecule has 0 bridgehead atoms. The van der Waals surface area contributed by atoms with E-state index >= 15 is 0 Å². The standard InChI is InChI=1S/C13H21N3O2/c1-15(2)8-9-16(11-13(17)18)7-5-12-4-3-6-14-10-12/h3-4,6,10H,5,7-9,11H2,1-2H3,(H,17,18). The van der Waals surface area contributed by atoms with Crippen LogP contribution in [0.2, 0.25) is 0 Å². The van der Waals surface area contributed by atoms with Crippen molar-refractivity contribution in [2.24, 2.45) is 0 Å². The SMILES string of the molecule is CN(C)CCN(CCc1cccnc1)CC(=O)O. The van der Waals surface area contributed by atoms with Gasteiger partial charge in [-0.25, -0.2) is 0 Å². The number of hydrogen-bond donors (Lipinski definition) is 1. The molecule has 5 heteroatoms. The molecule has 0 amide bonds. The number of rotatable bonds is 8. The molecule has 0 atom stereocenters. The van der Waals surface area contributed by atoms with Crippen molar-refractivity contribution in [1.29, 1.82) is 0 Å². The molecule has 1 aromatic heterocycles. The minimum absolute atomic E-state index is 0.0914. The molecule has 0 radical (unpaired) electrons. The fourth-order valence-corrected chi connectivity index (χ4v) is 1.64. The summed E-state index contributed by atoms with van der Waals surface area (Å²) >= 11 is 0. The van der Waals surface area contributed by atoms with Crippen LogP contribution in [0.3, 0.4) is 0 Å². The van der Waals surface area contributed by atoms with Gasteiger partial charge in [0.25, 0.3) is 0 Å². The van der Waals surface area contributed by atoms with Gasteiger partial charge in [-0.15, -0.1) is 0 Å². The van der Waals surface area contributed by atoms with Gasteiger partial charge in [0, 0.05) is 32.0 Å². The van der Waals surface area contributed by atoms with E-state index in [0.717, 1.165) is 31.6 Å². The Morgan fingerprint density at radius 1 is 1.33 bits per heavy atom. The zero-order valence-electron chi connectivity index (χ0n) is 11.0. The average molecular weight is 251 g/mol. The molecular weight excluding hydrogens is 230 g/mol. The Bertz CT molecular complexity index is 355. The Hall–Kier alpha value is -1.46. The van der Waals surface area contributed by atoms with Crippen molar-refractivity contribution in [3.8, 4) is 0 Å². The zero-order chi connectivity index (χ0) is 13.4. The van der Waals surface area contributed by atoms with E-state index in [0.29, 0.717) is 0 Å². The van der Waals surface area contributed by atoms with Gasteiger partial charge < -0.3 is 10.0 Å². The molecule has 0 spiro atoms. The van der Waals surface area contributed by atoms with Gasteiger partial charge in [0.05, 0.1) is 6.54 Å². The summed E-state index contributed by atoms with van der Waals surface area (Å²) in [7, 11) is 3.97. The van der Waals surface area contributed by atoms with Crippen molar-refractivity contribution in [2.45, 2.75) is 6.42 Å². The first kappa shape index (κ1) is 14.6. The van der Waals surface area contributed by atoms with E-state index in [1.807, 2.05) is 37.3 Å². The van der Waals surface area contributed by atoms with E-state index in [-0.39, 0.29) is 6.54 Å². The highest BCUT2D eigenvalue weighted by Crippen LogP contribution is 2.00. The molecule has 5 nitrogen and oxygen atoms in total. The van der Waals surface area contributed by atoms with Gasteiger partial charge in [-0.1, -0.05) is 6.07 Å². The van der Waals surface area contributed by atoms with Gasteiger partial charge in [-0.3, -0.25) is 14.7 Å². The highest BCUT2D eigenvalue weighted by atomic mass is 16.4. The van der Waals surface area contributed by atoms with Crippen LogP contribution in [0, 0.1) is 0 Å². The summed E-state index contributed by atoms with van der Waals surface area (Å²) in [6.45, 7) is 2.46. The molecule has 1 heterocycles. The first-order chi connectivity index (χ1) is 8.58. The van der Waals surface area contributed by atoms with Crippen LogP contribution in [0.4, 0.5) is 0 Å². The second kappa shape index (κ2) is 7.79. The molecule has 100 valence electrons. The lowest BCUT2D eigenvalue weighted by Gasteiger charge is -2.22. The molecule has 1 aromatic rings. The molecule has 18 heavy (non-hydrogen) atoms. The van der Waals surface area contributed by atoms with E-state index in [9.17, 15) is 4.79 Å². The normalized spacial score (nSPS) is 11.1. The Labute approximate surface area is 108 Å². The number of carboxylic acid groups (broad SMARTS) is 1. The van der Waals surface area contributed by atoms with Crippen molar-refractivity contribution < 1.29 is 9.90 Å². The van der Waals surface area contributed by atoms with Gasteiger partial charge in [0.15, 0.2) is 0 Å². The fourth-order valence-electron chi connectivity index (χ4n) is 1.64. The molecule has 0 unspecified atom stereocenters. The van der Waals surface area contributed by atoms with E-state index in [1.165, 1.54) is 0 Å². The number of carbonyl (C=O) groups is 1. The van der Waals surface area contributed by atoms with Crippen LogP contribution in [0.5, 0.6) is 0 Å². The third-order valence-corrected chi connectivity index (χ3v) is 2.66. The highest BCUT2D eigenvalue weighted by Gasteiger charge is 2.09. The predicted octanol–water partition coefficient (Wildman–Crippen LogP) is 0.572. The van der Waals surface area contributed by atoms with Gasteiger partial charge in [0.2, 0.25) is 0 Å². The zero-order valence-corrected chi connectivity index (χ0v) is 11.0. The second-order valence-electron chi connectivity index (χ2n) is 4.58. The van der Waals surface area contributed by atoms with Gasteiger partial charge in [-0.05, 0) is 32.1 Å². The summed E-state index contributed by atoms with van der Waals surface area (Å²) in [6.07, 6.45) is 4.39. The van der Waals surface area contributed by atoms with Crippen LogP contribution in [-0.2, 0) is 11.2 Å². The highest BCUT2D eigenvalue weighted by molar-refractivity contribution is 5.69. The number of hydrogen-bond acceptors (Lipinski definition) is 4. The predicted molar refractivity (Wildman–Crippen MR) is 70.6 cm³/mol. The first-order valence-electron chi connectivity index (χ1n) is 6.05. The first-order valence-corrected chi connectivity index (χ1v) is 6.05. The lowest BCUT2D eigenvalue weighted by Crippen LogP contribution is -2.36. The van der Waals surface area contributed by atoms with Gasteiger partial charge in [0.1, 0.15) is 0 Å². The quantitative estimate of drug-likeness (QED) is 0.732. The minimum Gasteiger partial charge on any atom is -0.480 e. The van der Waals surface area contributed by atoms with Crippen LogP contribution < -0.4 is 0 Å². The fraction of sp³-hybridized carbons (Fsp3) is 0.538. The topological polar surface area (TPSA) is 56.7 Å². The van der Waals surface area contributed by atoms with Crippen molar-refractivity contribution in [3.63, 3.8) is 0 Å². The van der Waals surface area contributed by atoms with Crippen molar-refractivity contribution in [1.82, 2.24) is 14.8 Å². The van der Waals surface area contributed by atoms with Crippen LogP contribution in [0.1, 0.15) is 5.56 Å². The average Bonchev–Trinajstić information content (AvgIpc) is 2.33. The lowest BCUT2D eigenvalue weighted by molar-refractivity contribution is -0.138. The summed E-state index contributed by atoms with van der Waals surface area (Å²) in [6, 6.07) is 3.91. The maximum absolute atomic E-state index is 10.8. The number of likely N-dealkylation sites (N-methyl/N-ethyl adjacent to an activating group) is 1. The Kier molecular flexibility index (Phi) is 6.32. The van der Waals surface area contributed by atoms with E-state index in [2.05, 4.69) is 9.88 Å². The summed E-state index contributed by atoms with van der Waals surface area (Å²) in [5, 5.41) is 8.88. The van der Waals surface area contributed by atoms with E-state index in [4.69, 9.17) is 5.11 Å². The maximum Gasteiger partial charge on any atom is 0.317 e. The Balaban J connectivity index is 2.42. The second-order valence-corrected chi connectivity index (χ2v) is 4.58. The number of carboxylic acids is 1. The smallest absolute Gasteiger partial charge is 0.317 e. The molecule has 1 N–H and O–H groups in total. The molecule has 0 aliphatic rings. The van der Waals surface area contributed by atoms with Gasteiger partial charge >= 0.3 is 5.97 Å². The van der Waals surface area contributed by atoms with Crippen LogP contribution in [0.15, 0.2) is 24.5 Å². The maximum atomic E-state index is 10.8. The molecule has 0 fully saturated rings. The minimum atomic E-state index is -0.778. The lowest BCUT2D eigenvalue weighted by atomic mass is 10.2.